The van der Waals surface area contributed by atoms with Crippen LogP contribution in [0.15, 0.2) is 0 Å². The minimum atomic E-state index is -1.48. The molecule has 0 heterocycles. The molecule has 5 heteroatoms. The molecular weight excluding hydrogens is 186 g/mol. The van der Waals surface area contributed by atoms with Gasteiger partial charge in [-0.1, -0.05) is 0 Å². The third-order valence-electron chi connectivity index (χ3n) is 1.86. The Labute approximate surface area is 84.1 Å². The van der Waals surface area contributed by atoms with Gasteiger partial charge in [-0.15, -0.1) is 0 Å². The first-order chi connectivity index (χ1) is 6.54. The van der Waals surface area contributed by atoms with Crippen molar-refractivity contribution in [2.24, 2.45) is 0 Å². The van der Waals surface area contributed by atoms with Gasteiger partial charge in [0.2, 0.25) is 0 Å². The Kier molecular flexibility index (Phi) is 6.44. The summed E-state index contributed by atoms with van der Waals surface area (Å²) in [5.74, 6) is -0.646. The fourth-order valence-corrected chi connectivity index (χ4v) is 0.986. The number of aliphatic hydroxyl groups is 2. The number of rotatable bonds is 7. The van der Waals surface area contributed by atoms with Crippen molar-refractivity contribution in [2.75, 3.05) is 26.8 Å². The predicted molar refractivity (Wildman–Crippen MR) is 51.8 cm³/mol. The summed E-state index contributed by atoms with van der Waals surface area (Å²) in [4.78, 5) is 11.0. The number of unbranched alkanes of at least 4 members (excludes halogenated alkanes) is 1. The number of carbonyl (C=O) groups is 1. The van der Waals surface area contributed by atoms with Crippen LogP contribution >= 0.6 is 0 Å². The molecule has 84 valence electrons. The second-order valence-corrected chi connectivity index (χ2v) is 3.37. The Morgan fingerprint density at radius 2 is 2.14 bits per heavy atom. The molecule has 0 aliphatic heterocycles. The minimum absolute atomic E-state index is 0.158. The van der Waals surface area contributed by atoms with Crippen LogP contribution in [0.3, 0.4) is 0 Å². The third-order valence-corrected chi connectivity index (χ3v) is 1.86. The molecule has 0 aliphatic carbocycles. The van der Waals surface area contributed by atoms with Gasteiger partial charge < -0.3 is 20.3 Å². The average molecular weight is 205 g/mol. The van der Waals surface area contributed by atoms with E-state index < -0.39 is 11.6 Å². The molecule has 1 atom stereocenters. The lowest BCUT2D eigenvalue weighted by Crippen LogP contribution is -2.45. The van der Waals surface area contributed by atoms with Crippen LogP contribution in [0.2, 0.25) is 0 Å². The van der Waals surface area contributed by atoms with Gasteiger partial charge in [0.05, 0.1) is 7.11 Å². The van der Waals surface area contributed by atoms with Gasteiger partial charge in [-0.3, -0.25) is 0 Å². The van der Waals surface area contributed by atoms with Gasteiger partial charge in [0, 0.05) is 13.2 Å². The number of aliphatic hydroxyl groups excluding tert-OH is 1. The number of carbonyl (C=O) groups excluding carboxylic acids is 1. The molecule has 0 fully saturated rings. The lowest BCUT2D eigenvalue weighted by atomic mass is 10.1. The molecule has 0 bridgehead atoms. The van der Waals surface area contributed by atoms with E-state index in [1.165, 1.54) is 14.0 Å². The number of methoxy groups -OCH3 is 1. The number of hydrogen-bond acceptors (Lipinski definition) is 5. The molecule has 1 unspecified atom stereocenters. The molecule has 5 nitrogen and oxygen atoms in total. The average Bonchev–Trinajstić information content (AvgIpc) is 2.16. The maximum atomic E-state index is 11.0. The molecular formula is C9H19NO4. The van der Waals surface area contributed by atoms with E-state index >= 15 is 0 Å². The van der Waals surface area contributed by atoms with E-state index in [1.807, 2.05) is 0 Å². The second kappa shape index (κ2) is 6.75. The Hall–Kier alpha value is -0.650. The standard InChI is InChI=1S/C9H19NO4/c1-9(13,8(12)14-2)7-10-5-3-4-6-11/h10-11,13H,3-7H2,1-2H3. The zero-order valence-corrected chi connectivity index (χ0v) is 8.75. The van der Waals surface area contributed by atoms with Crippen molar-refractivity contribution in [3.8, 4) is 0 Å². The van der Waals surface area contributed by atoms with Gasteiger partial charge in [-0.25, -0.2) is 4.79 Å². The van der Waals surface area contributed by atoms with E-state index in [4.69, 9.17) is 5.11 Å². The Morgan fingerprint density at radius 3 is 2.64 bits per heavy atom. The summed E-state index contributed by atoms with van der Waals surface area (Å²) in [6.45, 7) is 2.38. The fraction of sp³-hybridized carbons (Fsp3) is 0.889. The summed E-state index contributed by atoms with van der Waals surface area (Å²) in [5.41, 5.74) is -1.48. The largest absolute Gasteiger partial charge is 0.467 e. The number of hydrogen-bond donors (Lipinski definition) is 3. The highest BCUT2D eigenvalue weighted by Gasteiger charge is 2.30. The highest BCUT2D eigenvalue weighted by molar-refractivity contribution is 5.78. The van der Waals surface area contributed by atoms with Gasteiger partial charge in [-0.05, 0) is 26.3 Å². The van der Waals surface area contributed by atoms with Crippen molar-refractivity contribution >= 4 is 5.97 Å². The summed E-state index contributed by atoms with van der Waals surface area (Å²) in [5, 5.41) is 21.0. The normalized spacial score (nSPS) is 14.9. The molecule has 0 aromatic rings. The Balaban J connectivity index is 3.60. The monoisotopic (exact) mass is 205 g/mol. The minimum Gasteiger partial charge on any atom is -0.467 e. The number of ether oxygens (including phenoxy) is 1. The lowest BCUT2D eigenvalue weighted by molar-refractivity contribution is -0.159. The first-order valence-corrected chi connectivity index (χ1v) is 4.67. The summed E-state index contributed by atoms with van der Waals surface area (Å²) in [7, 11) is 1.24. The predicted octanol–water partition coefficient (Wildman–Crippen LogP) is -0.728. The molecule has 3 N–H and O–H groups in total. The molecule has 14 heavy (non-hydrogen) atoms. The van der Waals surface area contributed by atoms with Crippen LogP contribution in [0.4, 0.5) is 0 Å². The highest BCUT2D eigenvalue weighted by atomic mass is 16.5. The zero-order chi connectivity index (χ0) is 11.0. The molecule has 0 spiro atoms. The number of esters is 1. The third kappa shape index (κ3) is 5.16. The van der Waals surface area contributed by atoms with E-state index in [0.29, 0.717) is 13.0 Å². The fourth-order valence-electron chi connectivity index (χ4n) is 0.986. The van der Waals surface area contributed by atoms with Crippen molar-refractivity contribution in [1.29, 1.82) is 0 Å². The van der Waals surface area contributed by atoms with Crippen molar-refractivity contribution in [1.82, 2.24) is 5.32 Å². The van der Waals surface area contributed by atoms with Gasteiger partial charge in [0.1, 0.15) is 0 Å². The van der Waals surface area contributed by atoms with Crippen molar-refractivity contribution in [3.05, 3.63) is 0 Å². The molecule has 0 amide bonds. The number of nitrogens with one attached hydrogen (secondary N) is 1. The van der Waals surface area contributed by atoms with Gasteiger partial charge in [-0.2, -0.15) is 0 Å². The maximum absolute atomic E-state index is 11.0. The van der Waals surface area contributed by atoms with Crippen LogP contribution in [-0.2, 0) is 9.53 Å². The quantitative estimate of drug-likeness (QED) is 0.377. The maximum Gasteiger partial charge on any atom is 0.338 e. The topological polar surface area (TPSA) is 78.8 Å². The Bertz CT molecular complexity index is 170. The van der Waals surface area contributed by atoms with E-state index in [-0.39, 0.29) is 13.2 Å². The van der Waals surface area contributed by atoms with Crippen molar-refractivity contribution < 1.29 is 19.7 Å². The molecule has 0 rings (SSSR count). The van der Waals surface area contributed by atoms with Crippen LogP contribution in [0.1, 0.15) is 19.8 Å². The second-order valence-electron chi connectivity index (χ2n) is 3.37. The molecule has 0 saturated carbocycles. The summed E-state index contributed by atoms with van der Waals surface area (Å²) in [6.07, 6.45) is 1.53. The van der Waals surface area contributed by atoms with Gasteiger partial charge >= 0.3 is 5.97 Å². The smallest absolute Gasteiger partial charge is 0.338 e. The first-order valence-electron chi connectivity index (χ1n) is 4.67. The van der Waals surface area contributed by atoms with Gasteiger partial charge in [0.15, 0.2) is 5.60 Å². The molecule has 0 aromatic carbocycles. The van der Waals surface area contributed by atoms with Crippen molar-refractivity contribution in [2.45, 2.75) is 25.4 Å². The van der Waals surface area contributed by atoms with Crippen molar-refractivity contribution in [3.63, 3.8) is 0 Å². The highest BCUT2D eigenvalue weighted by Crippen LogP contribution is 2.03. The van der Waals surface area contributed by atoms with Gasteiger partial charge in [0.25, 0.3) is 0 Å². The van der Waals surface area contributed by atoms with Crippen LogP contribution < -0.4 is 5.32 Å². The van der Waals surface area contributed by atoms with E-state index in [9.17, 15) is 9.90 Å². The van der Waals surface area contributed by atoms with Crippen LogP contribution in [0.5, 0.6) is 0 Å². The zero-order valence-electron chi connectivity index (χ0n) is 8.75. The summed E-state index contributed by atoms with van der Waals surface area (Å²) < 4.78 is 4.42. The molecule has 0 saturated heterocycles. The van der Waals surface area contributed by atoms with E-state index in [0.717, 1.165) is 6.42 Å². The summed E-state index contributed by atoms with van der Waals surface area (Å²) in [6, 6.07) is 0. The van der Waals surface area contributed by atoms with Crippen LogP contribution in [-0.4, -0.2) is 48.6 Å². The molecule has 0 aromatic heterocycles. The summed E-state index contributed by atoms with van der Waals surface area (Å²) >= 11 is 0. The van der Waals surface area contributed by atoms with Crippen LogP contribution in [0.25, 0.3) is 0 Å². The van der Waals surface area contributed by atoms with Crippen LogP contribution in [0, 0.1) is 0 Å². The van der Waals surface area contributed by atoms with E-state index in [2.05, 4.69) is 10.1 Å². The molecule has 0 aliphatic rings. The Morgan fingerprint density at radius 1 is 1.50 bits per heavy atom. The first kappa shape index (κ1) is 13.4. The lowest BCUT2D eigenvalue weighted by Gasteiger charge is -2.20. The van der Waals surface area contributed by atoms with E-state index in [1.54, 1.807) is 0 Å². The SMILES string of the molecule is COC(=O)C(C)(O)CNCCCCO. The molecule has 0 radical (unpaired) electrons.